The van der Waals surface area contributed by atoms with Crippen LogP contribution < -0.4 is 9.62 Å². The zero-order chi connectivity index (χ0) is 31.3. The standard InChI is InChI=1S/C30H26FN5O7S/c1-32-29(37)26-18-12-17(23(35(2)44(4,39)40)14-25(18)43-28(26)30(38)42-11-10-41-3)20-8-9-21-27(34-20)24-13-16-19(31)6-5-7-22(16)36(24)15-33-21/h5-9,12-15H,10-11H2,1-4H3,(H,32,37)/p+1. The molecule has 1 amide bonds. The first-order valence-electron chi connectivity index (χ1n) is 13.4. The summed E-state index contributed by atoms with van der Waals surface area (Å²) in [6, 6.07) is 12.8. The molecule has 6 rings (SSSR count). The van der Waals surface area contributed by atoms with Gasteiger partial charge in [-0.1, -0.05) is 6.07 Å². The molecule has 4 heterocycles. The van der Waals surface area contributed by atoms with Gasteiger partial charge >= 0.3 is 5.97 Å². The predicted octanol–water partition coefficient (Wildman–Crippen LogP) is 3.66. The largest absolute Gasteiger partial charge is 0.452 e. The van der Waals surface area contributed by atoms with Crippen molar-refractivity contribution < 1.29 is 36.3 Å². The number of esters is 1. The molecule has 0 aliphatic carbocycles. The van der Waals surface area contributed by atoms with Crippen LogP contribution in [0.2, 0.25) is 0 Å². The van der Waals surface area contributed by atoms with E-state index in [-0.39, 0.29) is 41.2 Å². The summed E-state index contributed by atoms with van der Waals surface area (Å²) in [5.74, 6) is -2.20. The maximum atomic E-state index is 14.7. The molecule has 2 N–H and O–H groups in total. The molecule has 0 aliphatic rings. The molecule has 14 heteroatoms. The third-order valence-electron chi connectivity index (χ3n) is 7.37. The average molecular weight is 621 g/mol. The van der Waals surface area contributed by atoms with E-state index >= 15 is 0 Å². The van der Waals surface area contributed by atoms with Crippen molar-refractivity contribution in [2.45, 2.75) is 0 Å². The van der Waals surface area contributed by atoms with Crippen LogP contribution in [0.3, 0.4) is 0 Å². The van der Waals surface area contributed by atoms with Crippen LogP contribution in [0.5, 0.6) is 0 Å². The van der Waals surface area contributed by atoms with Crippen LogP contribution in [0.4, 0.5) is 10.1 Å². The predicted molar refractivity (Wildman–Crippen MR) is 163 cm³/mol. The number of ether oxygens (including phenoxy) is 2. The van der Waals surface area contributed by atoms with E-state index in [0.717, 1.165) is 10.6 Å². The third kappa shape index (κ3) is 4.77. The van der Waals surface area contributed by atoms with Crippen molar-refractivity contribution in [3.63, 3.8) is 0 Å². The maximum Gasteiger partial charge on any atom is 0.375 e. The zero-order valence-electron chi connectivity index (χ0n) is 24.1. The van der Waals surface area contributed by atoms with Crippen LogP contribution in [0, 0.1) is 5.82 Å². The molecule has 0 saturated heterocycles. The van der Waals surface area contributed by atoms with Crippen LogP contribution in [0.25, 0.3) is 49.7 Å². The number of amides is 1. The number of carbonyl (C=O) groups is 2. The number of nitrogens with zero attached hydrogens (tertiary/aromatic N) is 4. The fourth-order valence-corrected chi connectivity index (χ4v) is 5.61. The molecule has 2 aromatic carbocycles. The summed E-state index contributed by atoms with van der Waals surface area (Å²) >= 11 is 0. The minimum absolute atomic E-state index is 0.0188. The van der Waals surface area contributed by atoms with E-state index in [2.05, 4.69) is 15.0 Å². The van der Waals surface area contributed by atoms with E-state index in [0.29, 0.717) is 38.7 Å². The lowest BCUT2D eigenvalue weighted by Gasteiger charge is -2.20. The van der Waals surface area contributed by atoms with E-state index in [9.17, 15) is 22.4 Å². The fraction of sp³-hybridized carbons (Fsp3) is 0.200. The summed E-state index contributed by atoms with van der Waals surface area (Å²) < 4.78 is 57.9. The van der Waals surface area contributed by atoms with Crippen molar-refractivity contribution in [1.82, 2.24) is 19.7 Å². The Kier molecular flexibility index (Phi) is 7.18. The van der Waals surface area contributed by atoms with E-state index in [1.165, 1.54) is 26.2 Å². The number of furan rings is 1. The summed E-state index contributed by atoms with van der Waals surface area (Å²) in [6.45, 7) is 0.239. The molecular weight excluding hydrogens is 593 g/mol. The van der Waals surface area contributed by atoms with Crippen LogP contribution in [0.15, 0.2) is 59.3 Å². The van der Waals surface area contributed by atoms with Crippen LogP contribution in [-0.2, 0) is 14.8 Å². The fourth-order valence-electron chi connectivity index (χ4n) is 5.10. The monoisotopic (exact) mass is 620 g/mol. The number of carbonyl (C=O) groups excluding carboxylic acids is 2. The minimum atomic E-state index is -3.79. The minimum Gasteiger partial charge on any atom is -0.452 e. The Labute approximate surface area is 250 Å². The molecule has 0 unspecified atom stereocenters. The number of rotatable bonds is 8. The maximum absolute atomic E-state index is 14.7. The van der Waals surface area contributed by atoms with Gasteiger partial charge in [0.25, 0.3) is 5.91 Å². The molecule has 0 spiro atoms. The smallest absolute Gasteiger partial charge is 0.375 e. The first-order valence-corrected chi connectivity index (χ1v) is 15.2. The number of hydrogen-bond donors (Lipinski definition) is 1. The highest BCUT2D eigenvalue weighted by Crippen LogP contribution is 2.39. The zero-order valence-corrected chi connectivity index (χ0v) is 24.9. The second kappa shape index (κ2) is 10.9. The average Bonchev–Trinajstić information content (AvgIpc) is 3.58. The molecule has 0 aliphatic heterocycles. The molecule has 44 heavy (non-hydrogen) atoms. The number of sulfonamides is 1. The van der Waals surface area contributed by atoms with Gasteiger partial charge in [-0.2, -0.15) is 0 Å². The van der Waals surface area contributed by atoms with Gasteiger partial charge in [0.15, 0.2) is 13.2 Å². The van der Waals surface area contributed by atoms with Gasteiger partial charge in [-0.25, -0.2) is 27.6 Å². The van der Waals surface area contributed by atoms with Crippen molar-refractivity contribution in [2.75, 3.05) is 45.0 Å². The van der Waals surface area contributed by atoms with Crippen LogP contribution in [-0.4, -0.2) is 80.1 Å². The van der Waals surface area contributed by atoms with E-state index in [1.807, 2.05) is 0 Å². The highest BCUT2D eigenvalue weighted by Gasteiger charge is 2.29. The van der Waals surface area contributed by atoms with Gasteiger partial charge in [0.2, 0.25) is 15.8 Å². The SMILES string of the molecule is CNC(=O)c1c(C(=O)OCC[OH+]C)oc2cc(N(C)S(C)(=O)=O)c(-c3ccc4ncn5c6cccc(F)c6cc5c4n3)cc12. The Morgan fingerprint density at radius 1 is 1.14 bits per heavy atom. The van der Waals surface area contributed by atoms with Gasteiger partial charge in [-0.3, -0.25) is 13.5 Å². The number of nitrogens with one attached hydrogen (secondary N) is 1. The molecule has 0 atom stereocenters. The van der Waals surface area contributed by atoms with Gasteiger partial charge in [0.1, 0.15) is 35.9 Å². The molecule has 6 aromatic rings. The van der Waals surface area contributed by atoms with Crippen LogP contribution in [0.1, 0.15) is 20.9 Å². The van der Waals surface area contributed by atoms with Crippen molar-refractivity contribution in [3.05, 3.63) is 72.0 Å². The van der Waals surface area contributed by atoms with Crippen LogP contribution >= 0.6 is 0 Å². The molecule has 0 radical (unpaired) electrons. The lowest BCUT2D eigenvalue weighted by atomic mass is 10.0. The Bertz CT molecular complexity index is 2240. The van der Waals surface area contributed by atoms with Crippen molar-refractivity contribution in [2.24, 2.45) is 0 Å². The number of halogens is 1. The molecular formula is C30H27FN5O7S+. The second-order valence-electron chi connectivity index (χ2n) is 10.0. The normalized spacial score (nSPS) is 11.9. The highest BCUT2D eigenvalue weighted by atomic mass is 32.2. The Morgan fingerprint density at radius 3 is 2.66 bits per heavy atom. The molecule has 0 saturated carbocycles. The molecule has 0 bridgehead atoms. The molecule has 12 nitrogen and oxygen atoms in total. The number of hydrogen-bond acceptors (Lipinski definition) is 8. The Hall–Kier alpha value is -5.08. The van der Waals surface area contributed by atoms with Crippen molar-refractivity contribution >= 4 is 66.0 Å². The van der Waals surface area contributed by atoms with Gasteiger partial charge in [-0.15, -0.1) is 0 Å². The summed E-state index contributed by atoms with van der Waals surface area (Å²) in [4.78, 5) is 35.3. The van der Waals surface area contributed by atoms with E-state index in [1.54, 1.807) is 54.2 Å². The number of benzene rings is 2. The van der Waals surface area contributed by atoms with Gasteiger partial charge in [0, 0.05) is 36.5 Å². The van der Waals surface area contributed by atoms with Crippen molar-refractivity contribution in [3.8, 4) is 11.3 Å². The quantitative estimate of drug-likeness (QED) is 0.154. The second-order valence-corrected chi connectivity index (χ2v) is 12.1. The van der Waals surface area contributed by atoms with Gasteiger partial charge < -0.3 is 19.2 Å². The number of fused-ring (bicyclic) bond motifs is 6. The van der Waals surface area contributed by atoms with E-state index < -0.39 is 27.7 Å². The number of aromatic nitrogens is 3. The Morgan fingerprint density at radius 2 is 1.93 bits per heavy atom. The topological polar surface area (TPSA) is 149 Å². The Balaban J connectivity index is 1.63. The van der Waals surface area contributed by atoms with E-state index in [4.69, 9.17) is 14.1 Å². The lowest BCUT2D eigenvalue weighted by molar-refractivity contribution is -0.0222. The van der Waals surface area contributed by atoms with Crippen molar-refractivity contribution in [1.29, 1.82) is 0 Å². The number of aliphatic hydroxyl groups is 2. The highest BCUT2D eigenvalue weighted by molar-refractivity contribution is 7.92. The van der Waals surface area contributed by atoms with Gasteiger partial charge in [-0.05, 0) is 36.4 Å². The summed E-state index contributed by atoms with van der Waals surface area (Å²) in [6.07, 6.45) is 2.63. The molecule has 226 valence electrons. The molecule has 4 aromatic heterocycles. The number of anilines is 1. The van der Waals surface area contributed by atoms with Gasteiger partial charge in [0.05, 0.1) is 34.2 Å². The third-order valence-corrected chi connectivity index (χ3v) is 8.56. The first-order chi connectivity index (χ1) is 21.0. The first kappa shape index (κ1) is 29.0. The summed E-state index contributed by atoms with van der Waals surface area (Å²) in [5, 5.41) is 3.15. The summed E-state index contributed by atoms with van der Waals surface area (Å²) in [7, 11) is 0.569. The lowest BCUT2D eigenvalue weighted by Crippen LogP contribution is -2.25. The molecule has 0 fully saturated rings. The summed E-state index contributed by atoms with van der Waals surface area (Å²) in [5.41, 5.74) is 3.03. The number of pyridine rings is 1.